The molecule has 1 aliphatic carbocycles. The molecule has 0 aromatic rings. The van der Waals surface area contributed by atoms with E-state index in [4.69, 9.17) is 14.6 Å². The highest BCUT2D eigenvalue weighted by Crippen LogP contribution is 2.35. The van der Waals surface area contributed by atoms with Crippen LogP contribution >= 0.6 is 0 Å². The van der Waals surface area contributed by atoms with Crippen molar-refractivity contribution >= 4 is 18.5 Å². The van der Waals surface area contributed by atoms with Gasteiger partial charge in [0, 0.05) is 13.1 Å². The molecule has 0 bridgehead atoms. The number of rotatable bonds is 2. The van der Waals surface area contributed by atoms with E-state index in [0.29, 0.717) is 11.8 Å². The summed E-state index contributed by atoms with van der Waals surface area (Å²) in [6.07, 6.45) is 4.54. The maximum absolute atomic E-state index is 12.1. The SMILES string of the molecule is CC.CC.CC(C)(C)OC(=O)NCC(=O)N1CC2CCCCC2C1.CC(C)C.O=CO. The number of fused-ring (bicyclic) bond motifs is 1. The molecule has 1 aliphatic heterocycles. The summed E-state index contributed by atoms with van der Waals surface area (Å²) in [7, 11) is 0. The van der Waals surface area contributed by atoms with Gasteiger partial charge in [0.1, 0.15) is 12.1 Å². The van der Waals surface area contributed by atoms with Crippen LogP contribution in [0, 0.1) is 17.8 Å². The average Bonchev–Trinajstić information content (AvgIpc) is 3.12. The Hall–Kier alpha value is -1.79. The molecule has 2 unspecified atom stereocenters. The molecule has 2 N–H and O–H groups in total. The van der Waals surface area contributed by atoms with Crippen molar-refractivity contribution in [3.8, 4) is 0 Å². The lowest BCUT2D eigenvalue weighted by molar-refractivity contribution is -0.129. The zero-order chi connectivity index (χ0) is 25.0. The summed E-state index contributed by atoms with van der Waals surface area (Å²) in [5, 5.41) is 9.43. The lowest BCUT2D eigenvalue weighted by atomic mass is 9.82. The van der Waals surface area contributed by atoms with Crippen molar-refractivity contribution in [1.29, 1.82) is 0 Å². The summed E-state index contributed by atoms with van der Waals surface area (Å²) in [6.45, 7) is 21.4. The fourth-order valence-electron chi connectivity index (χ4n) is 3.18. The van der Waals surface area contributed by atoms with E-state index in [9.17, 15) is 9.59 Å². The van der Waals surface area contributed by atoms with Gasteiger partial charge in [0.25, 0.3) is 6.47 Å². The predicted octanol–water partition coefficient (Wildman–Crippen LogP) is 5.58. The van der Waals surface area contributed by atoms with Gasteiger partial charge in [0.15, 0.2) is 0 Å². The molecule has 1 saturated heterocycles. The first-order valence-corrected chi connectivity index (χ1v) is 11.8. The third-order valence-corrected chi connectivity index (χ3v) is 4.11. The Morgan fingerprint density at radius 2 is 1.39 bits per heavy atom. The molecule has 2 atom stereocenters. The van der Waals surface area contributed by atoms with Crippen molar-refractivity contribution in [3.05, 3.63) is 0 Å². The van der Waals surface area contributed by atoms with E-state index >= 15 is 0 Å². The number of carboxylic acid groups (broad SMARTS) is 1. The number of ether oxygens (including phenoxy) is 1. The highest BCUT2D eigenvalue weighted by atomic mass is 16.6. The first-order chi connectivity index (χ1) is 14.5. The number of carbonyl (C=O) groups is 3. The van der Waals surface area contributed by atoms with Gasteiger partial charge in [-0.2, -0.15) is 0 Å². The summed E-state index contributed by atoms with van der Waals surface area (Å²) in [6, 6.07) is 0. The summed E-state index contributed by atoms with van der Waals surface area (Å²) in [5.41, 5.74) is -0.532. The molecule has 2 aliphatic rings. The van der Waals surface area contributed by atoms with Crippen LogP contribution in [0.1, 0.15) is 94.9 Å². The van der Waals surface area contributed by atoms with Crippen LogP contribution in [0.2, 0.25) is 0 Å². The molecule has 31 heavy (non-hydrogen) atoms. The smallest absolute Gasteiger partial charge is 0.408 e. The lowest BCUT2D eigenvalue weighted by Crippen LogP contribution is -2.41. The Morgan fingerprint density at radius 1 is 1.03 bits per heavy atom. The van der Waals surface area contributed by atoms with Gasteiger partial charge < -0.3 is 20.1 Å². The number of nitrogens with one attached hydrogen (secondary N) is 1. The summed E-state index contributed by atoms with van der Waals surface area (Å²) in [4.78, 5) is 33.9. The van der Waals surface area contributed by atoms with Crippen LogP contribution in [0.5, 0.6) is 0 Å². The number of likely N-dealkylation sites (tertiary alicyclic amines) is 1. The molecule has 1 heterocycles. The molecule has 186 valence electrons. The van der Waals surface area contributed by atoms with E-state index in [0.717, 1.165) is 19.0 Å². The van der Waals surface area contributed by atoms with Crippen molar-refractivity contribution in [2.24, 2.45) is 17.8 Å². The van der Waals surface area contributed by atoms with E-state index < -0.39 is 11.7 Å². The normalized spacial score (nSPS) is 18.7. The molecule has 7 heteroatoms. The van der Waals surface area contributed by atoms with E-state index in [1.165, 1.54) is 25.7 Å². The molecule has 0 spiro atoms. The fourth-order valence-corrected chi connectivity index (χ4v) is 3.18. The molecule has 2 fully saturated rings. The minimum Gasteiger partial charge on any atom is -0.483 e. The van der Waals surface area contributed by atoms with E-state index in [-0.39, 0.29) is 18.9 Å². The predicted molar refractivity (Wildman–Crippen MR) is 128 cm³/mol. The zero-order valence-electron chi connectivity index (χ0n) is 21.8. The van der Waals surface area contributed by atoms with Gasteiger partial charge in [-0.25, -0.2) is 4.79 Å². The average molecular weight is 447 g/mol. The van der Waals surface area contributed by atoms with Crippen molar-refractivity contribution in [1.82, 2.24) is 10.2 Å². The Bertz CT molecular complexity index is 445. The second-order valence-corrected chi connectivity index (χ2v) is 8.80. The summed E-state index contributed by atoms with van der Waals surface area (Å²) in [5.74, 6) is 2.19. The van der Waals surface area contributed by atoms with Crippen molar-refractivity contribution in [2.75, 3.05) is 19.6 Å². The van der Waals surface area contributed by atoms with E-state index in [2.05, 4.69) is 26.1 Å². The van der Waals surface area contributed by atoms with Gasteiger partial charge in [-0.05, 0) is 51.4 Å². The van der Waals surface area contributed by atoms with Gasteiger partial charge in [-0.15, -0.1) is 0 Å². The fraction of sp³-hybridized carbons (Fsp3) is 0.875. The maximum atomic E-state index is 12.1. The number of nitrogens with zero attached hydrogens (tertiary/aromatic N) is 1. The lowest BCUT2D eigenvalue weighted by Gasteiger charge is -2.22. The van der Waals surface area contributed by atoms with Gasteiger partial charge in [0.05, 0.1) is 0 Å². The minimum absolute atomic E-state index is 0.00487. The Morgan fingerprint density at radius 3 is 1.71 bits per heavy atom. The van der Waals surface area contributed by atoms with E-state index in [1.54, 1.807) is 20.8 Å². The molecule has 0 aromatic heterocycles. The third kappa shape index (κ3) is 19.9. The number of alkyl carbamates (subject to hydrolysis) is 1. The first-order valence-electron chi connectivity index (χ1n) is 11.8. The number of hydrogen-bond acceptors (Lipinski definition) is 4. The van der Waals surface area contributed by atoms with Gasteiger partial charge in [-0.3, -0.25) is 9.59 Å². The quantitative estimate of drug-likeness (QED) is 0.540. The number of carbonyl (C=O) groups excluding carboxylic acids is 2. The molecule has 1 saturated carbocycles. The van der Waals surface area contributed by atoms with Gasteiger partial charge >= 0.3 is 6.09 Å². The van der Waals surface area contributed by atoms with Crippen LogP contribution in [0.4, 0.5) is 4.79 Å². The molecule has 2 rings (SSSR count). The highest BCUT2D eigenvalue weighted by Gasteiger charge is 2.36. The van der Waals surface area contributed by atoms with Crippen molar-refractivity contribution in [2.45, 2.75) is 101 Å². The number of amides is 2. The molecule has 0 aromatic carbocycles. The van der Waals surface area contributed by atoms with Crippen molar-refractivity contribution < 1.29 is 24.2 Å². The zero-order valence-corrected chi connectivity index (χ0v) is 21.8. The number of hydrogen-bond donors (Lipinski definition) is 2. The van der Waals surface area contributed by atoms with E-state index in [1.807, 2.05) is 32.6 Å². The van der Waals surface area contributed by atoms with Crippen LogP contribution in [-0.2, 0) is 14.3 Å². The molecular formula is C24H50N2O5. The third-order valence-electron chi connectivity index (χ3n) is 4.11. The molecular weight excluding hydrogens is 396 g/mol. The van der Waals surface area contributed by atoms with Gasteiger partial charge in [-0.1, -0.05) is 61.3 Å². The molecule has 2 amide bonds. The van der Waals surface area contributed by atoms with Crippen molar-refractivity contribution in [3.63, 3.8) is 0 Å². The standard InChI is InChI=1S/C15H26N2O3.C4H10.2C2H6.CH2O2/c1-15(2,3)20-14(19)16-8-13(18)17-9-11-6-4-5-7-12(11)10-17;1-4(2)3;2*1-2;2-1-3/h11-12H,4-10H2,1-3H3,(H,16,19);4H,1-3H3;2*1-2H3;1H,(H,2,3). The summed E-state index contributed by atoms with van der Waals surface area (Å²) < 4.78 is 5.12. The largest absolute Gasteiger partial charge is 0.483 e. The Balaban J connectivity index is -0.000000605. The molecule has 0 radical (unpaired) electrons. The Labute approximate surface area is 191 Å². The monoisotopic (exact) mass is 446 g/mol. The topological polar surface area (TPSA) is 95.9 Å². The molecule has 7 nitrogen and oxygen atoms in total. The Kier molecular flexibility index (Phi) is 22.0. The van der Waals surface area contributed by atoms with Crippen LogP contribution in [0.3, 0.4) is 0 Å². The van der Waals surface area contributed by atoms with Crippen LogP contribution < -0.4 is 5.32 Å². The minimum atomic E-state index is -0.532. The highest BCUT2D eigenvalue weighted by molar-refractivity contribution is 5.82. The van der Waals surface area contributed by atoms with Crippen LogP contribution in [0.25, 0.3) is 0 Å². The second-order valence-electron chi connectivity index (χ2n) is 8.80. The van der Waals surface area contributed by atoms with Gasteiger partial charge in [0.2, 0.25) is 5.91 Å². The summed E-state index contributed by atoms with van der Waals surface area (Å²) >= 11 is 0. The maximum Gasteiger partial charge on any atom is 0.408 e. The first kappa shape index (κ1) is 33.8. The van der Waals surface area contributed by atoms with Crippen LogP contribution in [0.15, 0.2) is 0 Å². The second kappa shape index (κ2) is 20.1. The van der Waals surface area contributed by atoms with Crippen LogP contribution in [-0.4, -0.2) is 53.7 Å².